The third-order valence-electron chi connectivity index (χ3n) is 3.26. The van der Waals surface area contributed by atoms with Crippen molar-refractivity contribution in [1.82, 2.24) is 5.32 Å². The predicted molar refractivity (Wildman–Crippen MR) is 78.0 cm³/mol. The molecule has 4 heteroatoms. The molecule has 0 radical (unpaired) electrons. The quantitative estimate of drug-likeness (QED) is 0.897. The minimum absolute atomic E-state index is 0.551. The van der Waals surface area contributed by atoms with Crippen LogP contribution in [-0.2, 0) is 0 Å². The molecule has 94 valence electrons. The number of hydrogen-bond donors (Lipinski definition) is 1. The molecule has 1 saturated heterocycles. The first-order chi connectivity index (χ1) is 8.08. The molecule has 1 aliphatic rings. The molecule has 1 aromatic carbocycles. The van der Waals surface area contributed by atoms with Crippen molar-refractivity contribution in [2.75, 3.05) is 24.5 Å². The highest BCUT2D eigenvalue weighted by Crippen LogP contribution is 2.30. The summed E-state index contributed by atoms with van der Waals surface area (Å²) in [5.74, 6) is 0.649. The van der Waals surface area contributed by atoms with E-state index in [0.717, 1.165) is 29.1 Å². The SMILES string of the molecule is CC(C)C1CN(c2cc(Cl)ccc2Br)CCN1. The largest absolute Gasteiger partial charge is 0.368 e. The highest BCUT2D eigenvalue weighted by Gasteiger charge is 2.23. The minimum atomic E-state index is 0.551. The second-order valence-electron chi connectivity index (χ2n) is 4.85. The van der Waals surface area contributed by atoms with E-state index in [1.54, 1.807) is 0 Å². The fourth-order valence-corrected chi connectivity index (χ4v) is 2.84. The minimum Gasteiger partial charge on any atom is -0.368 e. The Labute approximate surface area is 116 Å². The van der Waals surface area contributed by atoms with Gasteiger partial charge in [-0.05, 0) is 40.0 Å². The number of benzene rings is 1. The van der Waals surface area contributed by atoms with Crippen LogP contribution >= 0.6 is 27.5 Å². The maximum absolute atomic E-state index is 6.07. The highest BCUT2D eigenvalue weighted by molar-refractivity contribution is 9.10. The zero-order chi connectivity index (χ0) is 12.4. The van der Waals surface area contributed by atoms with Gasteiger partial charge in [0.15, 0.2) is 0 Å². The van der Waals surface area contributed by atoms with Gasteiger partial charge in [-0.3, -0.25) is 0 Å². The van der Waals surface area contributed by atoms with Crippen LogP contribution in [0.1, 0.15) is 13.8 Å². The monoisotopic (exact) mass is 316 g/mol. The summed E-state index contributed by atoms with van der Waals surface area (Å²) < 4.78 is 1.12. The Kier molecular flexibility index (Phi) is 4.34. The van der Waals surface area contributed by atoms with Crippen molar-refractivity contribution in [1.29, 1.82) is 0 Å². The summed E-state index contributed by atoms with van der Waals surface area (Å²) >= 11 is 9.67. The topological polar surface area (TPSA) is 15.3 Å². The predicted octanol–water partition coefficient (Wildman–Crippen LogP) is 3.54. The smallest absolute Gasteiger partial charge is 0.0526 e. The Morgan fingerprint density at radius 1 is 1.47 bits per heavy atom. The number of hydrogen-bond acceptors (Lipinski definition) is 2. The fourth-order valence-electron chi connectivity index (χ4n) is 2.17. The molecule has 0 saturated carbocycles. The number of nitrogens with one attached hydrogen (secondary N) is 1. The lowest BCUT2D eigenvalue weighted by molar-refractivity contribution is 0.368. The van der Waals surface area contributed by atoms with Gasteiger partial charge in [0, 0.05) is 35.2 Å². The number of rotatable bonds is 2. The summed E-state index contributed by atoms with van der Waals surface area (Å²) in [5.41, 5.74) is 1.20. The maximum atomic E-state index is 6.07. The fraction of sp³-hybridized carbons (Fsp3) is 0.538. The van der Waals surface area contributed by atoms with Gasteiger partial charge in [-0.15, -0.1) is 0 Å². The Morgan fingerprint density at radius 2 is 2.24 bits per heavy atom. The van der Waals surface area contributed by atoms with E-state index in [4.69, 9.17) is 11.6 Å². The molecule has 1 aromatic rings. The normalized spacial score (nSPS) is 21.0. The van der Waals surface area contributed by atoms with Crippen LogP contribution in [0, 0.1) is 5.92 Å². The first kappa shape index (κ1) is 13.2. The lowest BCUT2D eigenvalue weighted by Gasteiger charge is -2.37. The van der Waals surface area contributed by atoms with E-state index in [-0.39, 0.29) is 0 Å². The van der Waals surface area contributed by atoms with Gasteiger partial charge in [-0.1, -0.05) is 25.4 Å². The first-order valence-corrected chi connectivity index (χ1v) is 7.18. The van der Waals surface area contributed by atoms with Crippen LogP contribution in [-0.4, -0.2) is 25.7 Å². The van der Waals surface area contributed by atoms with E-state index >= 15 is 0 Å². The number of nitrogens with zero attached hydrogens (tertiary/aromatic N) is 1. The van der Waals surface area contributed by atoms with Crippen molar-refractivity contribution >= 4 is 33.2 Å². The van der Waals surface area contributed by atoms with Crippen LogP contribution < -0.4 is 10.2 Å². The van der Waals surface area contributed by atoms with Crippen molar-refractivity contribution in [3.8, 4) is 0 Å². The van der Waals surface area contributed by atoms with Crippen molar-refractivity contribution in [3.63, 3.8) is 0 Å². The number of halogens is 2. The summed E-state index contributed by atoms with van der Waals surface area (Å²) in [4.78, 5) is 2.40. The zero-order valence-electron chi connectivity index (χ0n) is 10.2. The lowest BCUT2D eigenvalue weighted by atomic mass is 10.0. The van der Waals surface area contributed by atoms with Gasteiger partial charge in [0.1, 0.15) is 0 Å². The third-order valence-corrected chi connectivity index (χ3v) is 4.16. The molecule has 1 unspecified atom stereocenters. The summed E-state index contributed by atoms with van der Waals surface area (Å²) in [7, 11) is 0. The van der Waals surface area contributed by atoms with E-state index in [2.05, 4.69) is 40.0 Å². The van der Waals surface area contributed by atoms with Gasteiger partial charge in [0.2, 0.25) is 0 Å². The molecular weight excluding hydrogens is 300 g/mol. The van der Waals surface area contributed by atoms with E-state index in [1.165, 1.54) is 5.69 Å². The van der Waals surface area contributed by atoms with E-state index in [0.29, 0.717) is 12.0 Å². The van der Waals surface area contributed by atoms with Gasteiger partial charge in [0.25, 0.3) is 0 Å². The van der Waals surface area contributed by atoms with Crippen molar-refractivity contribution in [3.05, 3.63) is 27.7 Å². The molecule has 1 atom stereocenters. The van der Waals surface area contributed by atoms with E-state index in [1.807, 2.05) is 18.2 Å². The maximum Gasteiger partial charge on any atom is 0.0526 e. The molecule has 0 amide bonds. The Morgan fingerprint density at radius 3 is 2.94 bits per heavy atom. The van der Waals surface area contributed by atoms with Crippen molar-refractivity contribution in [2.45, 2.75) is 19.9 Å². The van der Waals surface area contributed by atoms with Gasteiger partial charge in [0.05, 0.1) is 5.69 Å². The van der Waals surface area contributed by atoms with Gasteiger partial charge < -0.3 is 10.2 Å². The van der Waals surface area contributed by atoms with Crippen LogP contribution in [0.2, 0.25) is 5.02 Å². The standard InChI is InChI=1S/C13H18BrClN2/c1-9(2)12-8-17(6-5-16-12)13-7-10(15)3-4-11(13)14/h3-4,7,9,12,16H,5-6,8H2,1-2H3. The molecule has 0 bridgehead atoms. The Balaban J connectivity index is 2.18. The summed E-state index contributed by atoms with van der Waals surface area (Å²) in [6, 6.07) is 6.52. The zero-order valence-corrected chi connectivity index (χ0v) is 12.6. The molecule has 0 spiro atoms. The van der Waals surface area contributed by atoms with Gasteiger partial charge in [-0.2, -0.15) is 0 Å². The van der Waals surface area contributed by atoms with Crippen molar-refractivity contribution in [2.24, 2.45) is 5.92 Å². The molecule has 17 heavy (non-hydrogen) atoms. The Bertz CT molecular complexity index is 395. The molecule has 2 nitrogen and oxygen atoms in total. The van der Waals surface area contributed by atoms with Crippen molar-refractivity contribution < 1.29 is 0 Å². The van der Waals surface area contributed by atoms with Crippen LogP contribution in [0.5, 0.6) is 0 Å². The summed E-state index contributed by atoms with van der Waals surface area (Å²) in [6.45, 7) is 7.61. The Hall–Kier alpha value is -0.250. The molecule has 1 N–H and O–H groups in total. The number of piperazine rings is 1. The van der Waals surface area contributed by atoms with Crippen LogP contribution in [0.25, 0.3) is 0 Å². The molecular formula is C13H18BrClN2. The van der Waals surface area contributed by atoms with Crippen LogP contribution in [0.4, 0.5) is 5.69 Å². The third kappa shape index (κ3) is 3.15. The molecule has 1 heterocycles. The lowest BCUT2D eigenvalue weighted by Crippen LogP contribution is -2.53. The number of anilines is 1. The molecule has 2 rings (SSSR count). The van der Waals surface area contributed by atoms with Gasteiger partial charge >= 0.3 is 0 Å². The second-order valence-corrected chi connectivity index (χ2v) is 6.14. The average Bonchev–Trinajstić information content (AvgIpc) is 2.32. The van der Waals surface area contributed by atoms with E-state index in [9.17, 15) is 0 Å². The average molecular weight is 318 g/mol. The first-order valence-electron chi connectivity index (χ1n) is 6.01. The molecule has 0 aliphatic carbocycles. The molecule has 1 aliphatic heterocycles. The summed E-state index contributed by atoms with van der Waals surface area (Å²) in [6.07, 6.45) is 0. The van der Waals surface area contributed by atoms with Gasteiger partial charge in [-0.25, -0.2) is 0 Å². The molecule has 1 fully saturated rings. The van der Waals surface area contributed by atoms with Crippen LogP contribution in [0.15, 0.2) is 22.7 Å². The van der Waals surface area contributed by atoms with E-state index < -0.39 is 0 Å². The summed E-state index contributed by atoms with van der Waals surface area (Å²) in [5, 5.41) is 4.36. The highest BCUT2D eigenvalue weighted by atomic mass is 79.9. The second kappa shape index (κ2) is 5.59. The van der Waals surface area contributed by atoms with Crippen LogP contribution in [0.3, 0.4) is 0 Å². The molecule has 0 aromatic heterocycles.